The summed E-state index contributed by atoms with van der Waals surface area (Å²) in [5.41, 5.74) is 0.832. The molecule has 1 aromatic carbocycles. The van der Waals surface area contributed by atoms with Gasteiger partial charge in [-0.3, -0.25) is 0 Å². The number of halogens is 2. The average molecular weight is 234 g/mol. The Bertz CT molecular complexity index is 515. The van der Waals surface area contributed by atoms with Gasteiger partial charge < -0.3 is 4.90 Å². The molecule has 0 atom stereocenters. The molecule has 17 heavy (non-hydrogen) atoms. The van der Waals surface area contributed by atoms with Crippen molar-refractivity contribution in [3.05, 3.63) is 41.0 Å². The predicted octanol–water partition coefficient (Wildman–Crippen LogP) is 2.56. The van der Waals surface area contributed by atoms with Crippen LogP contribution in [0.4, 0.5) is 8.78 Å². The van der Waals surface area contributed by atoms with Crippen molar-refractivity contribution in [2.45, 2.75) is 6.42 Å². The summed E-state index contributed by atoms with van der Waals surface area (Å²) in [4.78, 5) is 2.10. The van der Waals surface area contributed by atoms with Crippen LogP contribution in [0.3, 0.4) is 0 Å². The van der Waals surface area contributed by atoms with Crippen molar-refractivity contribution in [2.75, 3.05) is 20.1 Å². The van der Waals surface area contributed by atoms with Gasteiger partial charge in [0.25, 0.3) is 0 Å². The molecule has 0 amide bonds. The van der Waals surface area contributed by atoms with Gasteiger partial charge in [0, 0.05) is 18.7 Å². The van der Waals surface area contributed by atoms with E-state index in [1.807, 2.05) is 13.1 Å². The van der Waals surface area contributed by atoms with E-state index in [-0.39, 0.29) is 11.1 Å². The van der Waals surface area contributed by atoms with Gasteiger partial charge in [0.2, 0.25) is 0 Å². The highest BCUT2D eigenvalue weighted by molar-refractivity contribution is 5.67. The van der Waals surface area contributed by atoms with Crippen LogP contribution < -0.4 is 0 Å². The fourth-order valence-electron chi connectivity index (χ4n) is 1.89. The molecular weight excluding hydrogens is 222 g/mol. The Hall–Kier alpha value is -1.73. The second-order valence-electron chi connectivity index (χ2n) is 4.17. The molecule has 1 heterocycles. The minimum atomic E-state index is -0.663. The number of hydrogen-bond donors (Lipinski definition) is 0. The van der Waals surface area contributed by atoms with Crippen LogP contribution in [0.15, 0.2) is 18.2 Å². The van der Waals surface area contributed by atoms with E-state index in [0.29, 0.717) is 6.42 Å². The Balaban J connectivity index is 2.40. The van der Waals surface area contributed by atoms with Gasteiger partial charge in [0.05, 0.1) is 5.56 Å². The number of likely N-dealkylation sites (N-methyl/N-ethyl adjacent to an activating group) is 1. The molecule has 0 spiro atoms. The number of benzene rings is 1. The van der Waals surface area contributed by atoms with Crippen LogP contribution >= 0.6 is 0 Å². The lowest BCUT2D eigenvalue weighted by molar-refractivity contribution is 0.369. The van der Waals surface area contributed by atoms with Crippen LogP contribution in [0.2, 0.25) is 0 Å². The molecule has 0 saturated heterocycles. The van der Waals surface area contributed by atoms with Gasteiger partial charge >= 0.3 is 0 Å². The van der Waals surface area contributed by atoms with Gasteiger partial charge in [-0.25, -0.2) is 8.78 Å². The van der Waals surface area contributed by atoms with Crippen molar-refractivity contribution in [1.82, 2.24) is 4.90 Å². The van der Waals surface area contributed by atoms with Gasteiger partial charge in [0.1, 0.15) is 17.7 Å². The Morgan fingerprint density at radius 3 is 2.65 bits per heavy atom. The largest absolute Gasteiger partial charge is 0.302 e. The lowest BCUT2D eigenvalue weighted by Gasteiger charge is -2.22. The highest BCUT2D eigenvalue weighted by Crippen LogP contribution is 2.26. The quantitative estimate of drug-likeness (QED) is 0.746. The summed E-state index contributed by atoms with van der Waals surface area (Å²) in [6.07, 6.45) is 2.59. The van der Waals surface area contributed by atoms with Crippen LogP contribution in [0.25, 0.3) is 5.57 Å². The van der Waals surface area contributed by atoms with Crippen LogP contribution in [0, 0.1) is 23.0 Å². The van der Waals surface area contributed by atoms with Crippen molar-refractivity contribution in [1.29, 1.82) is 5.26 Å². The molecular formula is C13H12F2N2. The molecule has 88 valence electrons. The lowest BCUT2D eigenvalue weighted by Crippen LogP contribution is -2.23. The molecule has 2 nitrogen and oxygen atoms in total. The van der Waals surface area contributed by atoms with Gasteiger partial charge in [-0.2, -0.15) is 5.26 Å². The van der Waals surface area contributed by atoms with E-state index in [2.05, 4.69) is 4.90 Å². The Morgan fingerprint density at radius 1 is 1.29 bits per heavy atom. The third-order valence-electron chi connectivity index (χ3n) is 2.94. The fraction of sp³-hybridized carbons (Fsp3) is 0.308. The predicted molar refractivity (Wildman–Crippen MR) is 61.2 cm³/mol. The Labute approximate surface area is 98.8 Å². The van der Waals surface area contributed by atoms with Crippen molar-refractivity contribution in [2.24, 2.45) is 0 Å². The zero-order chi connectivity index (χ0) is 12.4. The normalized spacial score (nSPS) is 16.5. The van der Waals surface area contributed by atoms with Crippen molar-refractivity contribution in [3.63, 3.8) is 0 Å². The van der Waals surface area contributed by atoms with Gasteiger partial charge in [-0.05, 0) is 31.2 Å². The maximum absolute atomic E-state index is 13.7. The average Bonchev–Trinajstić information content (AvgIpc) is 2.33. The molecule has 0 unspecified atom stereocenters. The molecule has 1 aromatic rings. The van der Waals surface area contributed by atoms with Crippen LogP contribution in [0.5, 0.6) is 0 Å². The van der Waals surface area contributed by atoms with Crippen LogP contribution in [0.1, 0.15) is 17.5 Å². The van der Waals surface area contributed by atoms with E-state index < -0.39 is 11.6 Å². The summed E-state index contributed by atoms with van der Waals surface area (Å²) in [7, 11) is 1.98. The van der Waals surface area contributed by atoms with E-state index in [0.717, 1.165) is 30.8 Å². The summed E-state index contributed by atoms with van der Waals surface area (Å²) in [5, 5.41) is 8.60. The van der Waals surface area contributed by atoms with E-state index in [1.54, 1.807) is 6.07 Å². The highest BCUT2D eigenvalue weighted by atomic mass is 19.1. The highest BCUT2D eigenvalue weighted by Gasteiger charge is 2.16. The maximum Gasteiger partial charge on any atom is 0.141 e. The Morgan fingerprint density at radius 2 is 2.06 bits per heavy atom. The summed E-state index contributed by atoms with van der Waals surface area (Å²) >= 11 is 0. The number of nitriles is 1. The minimum absolute atomic E-state index is 0.250. The van der Waals surface area contributed by atoms with E-state index in [9.17, 15) is 8.78 Å². The standard InChI is InChI=1S/C13H12F2N2/c1-17-4-2-9(3-5-17)11-7-12(14)10(8-16)6-13(11)15/h2,6-7H,3-5H2,1H3. The lowest BCUT2D eigenvalue weighted by atomic mass is 9.98. The molecule has 0 bridgehead atoms. The molecule has 4 heteroatoms. The zero-order valence-electron chi connectivity index (χ0n) is 9.50. The Kier molecular flexibility index (Phi) is 3.21. The first kappa shape index (κ1) is 11.7. The molecule has 0 saturated carbocycles. The first-order valence-electron chi connectivity index (χ1n) is 5.39. The molecule has 0 aromatic heterocycles. The zero-order valence-corrected chi connectivity index (χ0v) is 9.50. The summed E-state index contributed by atoms with van der Waals surface area (Å²) in [6.45, 7) is 1.56. The second-order valence-corrected chi connectivity index (χ2v) is 4.17. The molecule has 2 rings (SSSR count). The molecule has 0 radical (unpaired) electrons. The molecule has 0 N–H and O–H groups in total. The fourth-order valence-corrected chi connectivity index (χ4v) is 1.89. The smallest absolute Gasteiger partial charge is 0.141 e. The molecule has 0 fully saturated rings. The summed E-state index contributed by atoms with van der Waals surface area (Å²) < 4.78 is 27.2. The SMILES string of the molecule is CN1CC=C(c2cc(F)c(C#N)cc2F)CC1. The summed E-state index contributed by atoms with van der Waals surface area (Å²) in [5.74, 6) is -1.19. The van der Waals surface area contributed by atoms with Crippen molar-refractivity contribution in [3.8, 4) is 6.07 Å². The van der Waals surface area contributed by atoms with Crippen LogP contribution in [-0.4, -0.2) is 25.0 Å². The first-order chi connectivity index (χ1) is 8.11. The van der Waals surface area contributed by atoms with Gasteiger partial charge in [-0.15, -0.1) is 0 Å². The number of rotatable bonds is 1. The topological polar surface area (TPSA) is 27.0 Å². The minimum Gasteiger partial charge on any atom is -0.302 e. The molecule has 0 aliphatic carbocycles. The molecule has 1 aliphatic rings. The third kappa shape index (κ3) is 2.34. The second kappa shape index (κ2) is 4.64. The van der Waals surface area contributed by atoms with E-state index in [1.165, 1.54) is 0 Å². The first-order valence-corrected chi connectivity index (χ1v) is 5.39. The van der Waals surface area contributed by atoms with E-state index >= 15 is 0 Å². The van der Waals surface area contributed by atoms with E-state index in [4.69, 9.17) is 5.26 Å². The number of nitrogens with zero attached hydrogens (tertiary/aromatic N) is 2. The number of hydrogen-bond acceptors (Lipinski definition) is 2. The van der Waals surface area contributed by atoms with Crippen LogP contribution in [-0.2, 0) is 0 Å². The van der Waals surface area contributed by atoms with Gasteiger partial charge in [0.15, 0.2) is 0 Å². The van der Waals surface area contributed by atoms with Crippen molar-refractivity contribution < 1.29 is 8.78 Å². The monoisotopic (exact) mass is 234 g/mol. The summed E-state index contributed by atoms with van der Waals surface area (Å²) in [6, 6.07) is 3.71. The van der Waals surface area contributed by atoms with Crippen molar-refractivity contribution >= 4 is 5.57 Å². The maximum atomic E-state index is 13.7. The molecule has 1 aliphatic heterocycles. The van der Waals surface area contributed by atoms with Gasteiger partial charge in [-0.1, -0.05) is 6.08 Å². The third-order valence-corrected chi connectivity index (χ3v) is 2.94.